The van der Waals surface area contributed by atoms with Gasteiger partial charge in [0.05, 0.1) is 12.2 Å². The van der Waals surface area contributed by atoms with Crippen LogP contribution in [0.4, 0.5) is 0 Å². The zero-order chi connectivity index (χ0) is 19.6. The molecule has 0 amide bonds. The third-order valence-corrected chi connectivity index (χ3v) is 4.37. The summed E-state index contributed by atoms with van der Waals surface area (Å²) in [5.74, 6) is 0.799. The summed E-state index contributed by atoms with van der Waals surface area (Å²) in [5.41, 5.74) is 4.34. The molecule has 7 heteroatoms. The molecule has 0 fully saturated rings. The summed E-state index contributed by atoms with van der Waals surface area (Å²) >= 11 is 5.83. The Morgan fingerprint density at radius 3 is 2.62 bits per heavy atom. The molecule has 0 saturated heterocycles. The van der Waals surface area contributed by atoms with Crippen LogP contribution in [-0.2, 0) is 13.0 Å². The van der Waals surface area contributed by atoms with Crippen LogP contribution in [0.1, 0.15) is 18.1 Å². The summed E-state index contributed by atoms with van der Waals surface area (Å²) in [6.45, 7) is 4.23. The van der Waals surface area contributed by atoms with E-state index in [1.165, 1.54) is 0 Å². The van der Waals surface area contributed by atoms with Crippen LogP contribution in [0.3, 0.4) is 0 Å². The van der Waals surface area contributed by atoms with E-state index in [2.05, 4.69) is 45.7 Å². The van der Waals surface area contributed by atoms with Crippen LogP contribution in [0, 0.1) is 0 Å². The highest BCUT2D eigenvalue weighted by Crippen LogP contribution is 2.18. The lowest BCUT2D eigenvalue weighted by molar-refractivity contribution is 0.798. The Morgan fingerprint density at radius 1 is 1.00 bits per heavy atom. The van der Waals surface area contributed by atoms with Gasteiger partial charge in [-0.1, -0.05) is 41.9 Å². The molecule has 29 heavy (non-hydrogen) atoms. The molecule has 0 atom stereocenters. The molecule has 0 aliphatic heterocycles. The lowest BCUT2D eigenvalue weighted by Gasteiger charge is -2.11. The minimum absolute atomic E-state index is 0. The number of aliphatic imine (C=N–C) groups is 1. The summed E-state index contributed by atoms with van der Waals surface area (Å²) in [4.78, 5) is 13.2. The average molecular weight is 522 g/mol. The maximum Gasteiger partial charge on any atom is 0.191 e. The van der Waals surface area contributed by atoms with Gasteiger partial charge in [0.1, 0.15) is 5.15 Å². The first-order chi connectivity index (χ1) is 13.7. The van der Waals surface area contributed by atoms with Crippen molar-refractivity contribution in [3.63, 3.8) is 0 Å². The van der Waals surface area contributed by atoms with Crippen molar-refractivity contribution in [1.29, 1.82) is 0 Å². The first-order valence-corrected chi connectivity index (χ1v) is 9.75. The molecule has 152 valence electrons. The van der Waals surface area contributed by atoms with Crippen LogP contribution in [0.5, 0.6) is 0 Å². The Bertz CT molecular complexity index is 901. The van der Waals surface area contributed by atoms with Crippen molar-refractivity contribution in [2.75, 3.05) is 13.1 Å². The molecular formula is C22H25ClIN5. The highest BCUT2D eigenvalue weighted by Gasteiger charge is 2.02. The molecule has 2 N–H and O–H groups in total. The van der Waals surface area contributed by atoms with Gasteiger partial charge in [0.2, 0.25) is 0 Å². The van der Waals surface area contributed by atoms with E-state index in [0.29, 0.717) is 11.7 Å². The van der Waals surface area contributed by atoms with Crippen LogP contribution in [0.15, 0.2) is 72.0 Å². The van der Waals surface area contributed by atoms with Gasteiger partial charge in [-0.3, -0.25) is 4.98 Å². The number of guanidine groups is 1. The van der Waals surface area contributed by atoms with E-state index in [0.717, 1.165) is 47.9 Å². The highest BCUT2D eigenvalue weighted by molar-refractivity contribution is 14.0. The zero-order valence-corrected chi connectivity index (χ0v) is 19.4. The van der Waals surface area contributed by atoms with Gasteiger partial charge in [0.15, 0.2) is 5.96 Å². The first kappa shape index (κ1) is 23.1. The predicted octanol–water partition coefficient (Wildman–Crippen LogP) is 4.71. The van der Waals surface area contributed by atoms with E-state index in [1.807, 2.05) is 42.6 Å². The minimum Gasteiger partial charge on any atom is -0.357 e. The molecule has 1 aromatic carbocycles. The molecule has 0 bridgehead atoms. The van der Waals surface area contributed by atoms with E-state index in [-0.39, 0.29) is 24.0 Å². The van der Waals surface area contributed by atoms with Crippen molar-refractivity contribution >= 4 is 41.5 Å². The lowest BCUT2D eigenvalue weighted by Crippen LogP contribution is -2.38. The highest BCUT2D eigenvalue weighted by atomic mass is 127. The lowest BCUT2D eigenvalue weighted by atomic mass is 10.1. The monoisotopic (exact) mass is 521 g/mol. The van der Waals surface area contributed by atoms with Crippen LogP contribution < -0.4 is 10.6 Å². The fourth-order valence-electron chi connectivity index (χ4n) is 2.75. The molecule has 0 aliphatic carbocycles. The van der Waals surface area contributed by atoms with E-state index in [4.69, 9.17) is 16.6 Å². The standard InChI is InChI=1S/C22H24ClN5.HI/c1-2-24-22(26-13-11-17-9-10-21(23)27-15-17)28-16-18-6-5-7-19(14-18)20-8-3-4-12-25-20;/h3-10,12,14-15H,2,11,13,16H2,1H3,(H2,24,26,28);1H. The van der Waals surface area contributed by atoms with Gasteiger partial charge in [0, 0.05) is 31.0 Å². The van der Waals surface area contributed by atoms with Gasteiger partial charge in [-0.05, 0) is 48.7 Å². The van der Waals surface area contributed by atoms with Crippen molar-refractivity contribution < 1.29 is 0 Å². The molecule has 0 radical (unpaired) electrons. The fraction of sp³-hybridized carbons (Fsp3) is 0.227. The number of nitrogens with zero attached hydrogens (tertiary/aromatic N) is 3. The largest absolute Gasteiger partial charge is 0.357 e. The number of rotatable bonds is 7. The molecule has 0 aliphatic rings. The van der Waals surface area contributed by atoms with E-state index in [1.54, 1.807) is 6.20 Å². The Hall–Kier alpha value is -2.19. The number of halogens is 2. The third kappa shape index (κ3) is 7.62. The van der Waals surface area contributed by atoms with Crippen LogP contribution in [0.25, 0.3) is 11.3 Å². The number of benzene rings is 1. The zero-order valence-electron chi connectivity index (χ0n) is 16.3. The maximum atomic E-state index is 5.83. The molecule has 2 aromatic heterocycles. The Kier molecular flexibility index (Phi) is 9.87. The molecule has 0 saturated carbocycles. The Labute approximate surface area is 194 Å². The molecule has 3 aromatic rings. The van der Waals surface area contributed by atoms with E-state index < -0.39 is 0 Å². The SMILES string of the molecule is CCNC(=NCc1cccc(-c2ccccn2)c1)NCCc1ccc(Cl)nc1.I. The van der Waals surface area contributed by atoms with Gasteiger partial charge in [-0.15, -0.1) is 24.0 Å². The summed E-state index contributed by atoms with van der Waals surface area (Å²) in [6, 6.07) is 18.1. The number of hydrogen-bond acceptors (Lipinski definition) is 3. The Morgan fingerprint density at radius 2 is 1.90 bits per heavy atom. The average Bonchev–Trinajstić information content (AvgIpc) is 2.74. The second-order valence-electron chi connectivity index (χ2n) is 6.28. The van der Waals surface area contributed by atoms with Gasteiger partial charge >= 0.3 is 0 Å². The molecular weight excluding hydrogens is 497 g/mol. The predicted molar refractivity (Wildman–Crippen MR) is 131 cm³/mol. The van der Waals surface area contributed by atoms with Gasteiger partial charge in [0.25, 0.3) is 0 Å². The first-order valence-electron chi connectivity index (χ1n) is 9.37. The Balaban J connectivity index is 0.00000300. The van der Waals surface area contributed by atoms with Crippen LogP contribution >= 0.6 is 35.6 Å². The van der Waals surface area contributed by atoms with Crippen molar-refractivity contribution in [2.24, 2.45) is 4.99 Å². The van der Waals surface area contributed by atoms with E-state index >= 15 is 0 Å². The van der Waals surface area contributed by atoms with Crippen molar-refractivity contribution in [3.05, 3.63) is 83.3 Å². The molecule has 0 spiro atoms. The van der Waals surface area contributed by atoms with Gasteiger partial charge < -0.3 is 10.6 Å². The van der Waals surface area contributed by atoms with Gasteiger partial charge in [-0.25, -0.2) is 9.98 Å². The summed E-state index contributed by atoms with van der Waals surface area (Å²) in [6.07, 6.45) is 4.46. The minimum atomic E-state index is 0. The summed E-state index contributed by atoms with van der Waals surface area (Å²) in [5, 5.41) is 7.16. The second-order valence-corrected chi connectivity index (χ2v) is 6.66. The second kappa shape index (κ2) is 12.4. The summed E-state index contributed by atoms with van der Waals surface area (Å²) in [7, 11) is 0. The summed E-state index contributed by atoms with van der Waals surface area (Å²) < 4.78 is 0. The normalized spacial score (nSPS) is 10.9. The maximum absolute atomic E-state index is 5.83. The van der Waals surface area contributed by atoms with Crippen LogP contribution in [-0.4, -0.2) is 29.0 Å². The molecule has 0 unspecified atom stereocenters. The molecule has 5 nitrogen and oxygen atoms in total. The quantitative estimate of drug-likeness (QED) is 0.205. The number of hydrogen-bond donors (Lipinski definition) is 2. The fourth-order valence-corrected chi connectivity index (χ4v) is 2.87. The van der Waals surface area contributed by atoms with E-state index in [9.17, 15) is 0 Å². The topological polar surface area (TPSA) is 62.2 Å². The van der Waals surface area contributed by atoms with Crippen molar-refractivity contribution in [2.45, 2.75) is 19.9 Å². The smallest absolute Gasteiger partial charge is 0.191 e. The molecule has 2 heterocycles. The van der Waals surface area contributed by atoms with Crippen LogP contribution in [0.2, 0.25) is 5.15 Å². The third-order valence-electron chi connectivity index (χ3n) is 4.15. The van der Waals surface area contributed by atoms with Crippen molar-refractivity contribution in [3.8, 4) is 11.3 Å². The molecule has 3 rings (SSSR count). The number of aromatic nitrogens is 2. The number of pyridine rings is 2. The van der Waals surface area contributed by atoms with Gasteiger partial charge in [-0.2, -0.15) is 0 Å². The number of nitrogens with one attached hydrogen (secondary N) is 2. The van der Waals surface area contributed by atoms with Crippen molar-refractivity contribution in [1.82, 2.24) is 20.6 Å².